The number of hydrogen-bond acceptors (Lipinski definition) is 5. The Morgan fingerprint density at radius 1 is 1.13 bits per heavy atom. The fourth-order valence-electron chi connectivity index (χ4n) is 3.62. The van der Waals surface area contributed by atoms with Crippen LogP contribution in [-0.2, 0) is 17.8 Å². The van der Waals surface area contributed by atoms with Gasteiger partial charge in [0, 0.05) is 32.7 Å². The minimum absolute atomic E-state index is 0.336. The highest BCUT2D eigenvalue weighted by Gasteiger charge is 2.39. The Labute approximate surface area is 136 Å². The number of aromatic nitrogens is 3. The van der Waals surface area contributed by atoms with E-state index in [2.05, 4.69) is 50.2 Å². The molecule has 6 nitrogen and oxygen atoms in total. The summed E-state index contributed by atoms with van der Waals surface area (Å²) >= 11 is 0. The van der Waals surface area contributed by atoms with Gasteiger partial charge in [-0.15, -0.1) is 0 Å². The Morgan fingerprint density at radius 2 is 2.04 bits per heavy atom. The van der Waals surface area contributed by atoms with Crippen molar-refractivity contribution in [3.8, 4) is 0 Å². The molecule has 0 saturated carbocycles. The molecular weight excluding hydrogens is 290 g/mol. The van der Waals surface area contributed by atoms with E-state index in [0.29, 0.717) is 12.1 Å². The highest BCUT2D eigenvalue weighted by molar-refractivity contribution is 5.15. The van der Waals surface area contributed by atoms with Crippen LogP contribution in [0.5, 0.6) is 0 Å². The summed E-state index contributed by atoms with van der Waals surface area (Å²) in [5, 5.41) is 4.18. The molecule has 2 aliphatic rings. The van der Waals surface area contributed by atoms with E-state index in [9.17, 15) is 0 Å². The SMILES string of the molecule is c1ccc(CN2CCO[C@@H]3CN(CCn4cncn4)C[C@@H]32)cc1. The fourth-order valence-corrected chi connectivity index (χ4v) is 3.62. The van der Waals surface area contributed by atoms with Crippen molar-refractivity contribution in [2.24, 2.45) is 0 Å². The zero-order valence-electron chi connectivity index (χ0n) is 13.3. The van der Waals surface area contributed by atoms with Crippen LogP contribution in [-0.4, -0.2) is 69.5 Å². The summed E-state index contributed by atoms with van der Waals surface area (Å²) in [6.07, 6.45) is 3.71. The Kier molecular flexibility index (Phi) is 4.37. The summed E-state index contributed by atoms with van der Waals surface area (Å²) in [4.78, 5) is 9.07. The summed E-state index contributed by atoms with van der Waals surface area (Å²) < 4.78 is 7.91. The van der Waals surface area contributed by atoms with Crippen LogP contribution < -0.4 is 0 Å². The van der Waals surface area contributed by atoms with Gasteiger partial charge in [0.05, 0.1) is 25.3 Å². The highest BCUT2D eigenvalue weighted by Crippen LogP contribution is 2.24. The van der Waals surface area contributed by atoms with Crippen LogP contribution in [0.2, 0.25) is 0 Å². The van der Waals surface area contributed by atoms with E-state index in [0.717, 1.165) is 45.9 Å². The van der Waals surface area contributed by atoms with Crippen LogP contribution >= 0.6 is 0 Å². The van der Waals surface area contributed by atoms with Crippen molar-refractivity contribution in [1.82, 2.24) is 24.6 Å². The first-order valence-electron chi connectivity index (χ1n) is 8.33. The van der Waals surface area contributed by atoms with E-state index in [-0.39, 0.29) is 0 Å². The molecule has 23 heavy (non-hydrogen) atoms. The lowest BCUT2D eigenvalue weighted by molar-refractivity contribution is -0.0504. The Morgan fingerprint density at radius 3 is 2.87 bits per heavy atom. The third-order valence-electron chi connectivity index (χ3n) is 4.83. The number of hydrogen-bond donors (Lipinski definition) is 0. The van der Waals surface area contributed by atoms with Crippen molar-refractivity contribution in [3.63, 3.8) is 0 Å². The third kappa shape index (κ3) is 3.44. The summed E-state index contributed by atoms with van der Waals surface area (Å²) in [7, 11) is 0. The maximum absolute atomic E-state index is 6.02. The second kappa shape index (κ2) is 6.78. The molecule has 2 fully saturated rings. The van der Waals surface area contributed by atoms with Gasteiger partial charge in [0.2, 0.25) is 0 Å². The second-order valence-electron chi connectivity index (χ2n) is 6.35. The molecule has 0 aliphatic carbocycles. The van der Waals surface area contributed by atoms with Crippen molar-refractivity contribution >= 4 is 0 Å². The molecule has 0 amide bonds. The van der Waals surface area contributed by atoms with Crippen LogP contribution in [0.25, 0.3) is 0 Å². The molecular formula is C17H23N5O. The first-order chi connectivity index (χ1) is 11.4. The normalized spacial score (nSPS) is 25.6. The van der Waals surface area contributed by atoms with E-state index in [1.165, 1.54) is 5.56 Å². The van der Waals surface area contributed by atoms with E-state index in [4.69, 9.17) is 4.74 Å². The number of fused-ring (bicyclic) bond motifs is 1. The molecule has 0 spiro atoms. The van der Waals surface area contributed by atoms with Crippen molar-refractivity contribution in [3.05, 3.63) is 48.5 Å². The lowest BCUT2D eigenvalue weighted by atomic mass is 10.1. The van der Waals surface area contributed by atoms with Gasteiger partial charge in [0.1, 0.15) is 12.7 Å². The van der Waals surface area contributed by atoms with E-state index < -0.39 is 0 Å². The van der Waals surface area contributed by atoms with Gasteiger partial charge in [-0.05, 0) is 5.56 Å². The molecule has 2 atom stereocenters. The zero-order valence-corrected chi connectivity index (χ0v) is 13.3. The first-order valence-corrected chi connectivity index (χ1v) is 8.33. The summed E-state index contributed by atoms with van der Waals surface area (Å²) in [6, 6.07) is 11.2. The van der Waals surface area contributed by atoms with E-state index in [1.807, 2.05) is 4.68 Å². The minimum Gasteiger partial charge on any atom is -0.374 e. The Balaban J connectivity index is 1.36. The molecule has 2 aromatic rings. The molecule has 0 radical (unpaired) electrons. The van der Waals surface area contributed by atoms with Crippen LogP contribution in [0.15, 0.2) is 43.0 Å². The zero-order chi connectivity index (χ0) is 15.5. The van der Waals surface area contributed by atoms with Gasteiger partial charge >= 0.3 is 0 Å². The monoisotopic (exact) mass is 313 g/mol. The second-order valence-corrected chi connectivity index (χ2v) is 6.35. The molecule has 0 bridgehead atoms. The molecule has 2 saturated heterocycles. The predicted octanol–water partition coefficient (Wildman–Crippen LogP) is 0.863. The maximum atomic E-state index is 6.02. The number of likely N-dealkylation sites (tertiary alicyclic amines) is 1. The third-order valence-corrected chi connectivity index (χ3v) is 4.83. The predicted molar refractivity (Wildman–Crippen MR) is 86.8 cm³/mol. The molecule has 6 heteroatoms. The highest BCUT2D eigenvalue weighted by atomic mass is 16.5. The largest absolute Gasteiger partial charge is 0.374 e. The van der Waals surface area contributed by atoms with Gasteiger partial charge in [-0.2, -0.15) is 5.10 Å². The molecule has 0 N–H and O–H groups in total. The van der Waals surface area contributed by atoms with E-state index >= 15 is 0 Å². The number of nitrogens with zero attached hydrogens (tertiary/aromatic N) is 5. The lowest BCUT2D eigenvalue weighted by Crippen LogP contribution is -2.50. The molecule has 0 unspecified atom stereocenters. The van der Waals surface area contributed by atoms with Gasteiger partial charge in [-0.3, -0.25) is 14.5 Å². The molecule has 2 aliphatic heterocycles. The maximum Gasteiger partial charge on any atom is 0.137 e. The molecule has 3 heterocycles. The number of rotatable bonds is 5. The van der Waals surface area contributed by atoms with Crippen molar-refractivity contribution in [2.45, 2.75) is 25.2 Å². The van der Waals surface area contributed by atoms with Crippen LogP contribution in [0.3, 0.4) is 0 Å². The van der Waals surface area contributed by atoms with Crippen LogP contribution in [0.4, 0.5) is 0 Å². The van der Waals surface area contributed by atoms with E-state index in [1.54, 1.807) is 12.7 Å². The minimum atomic E-state index is 0.336. The van der Waals surface area contributed by atoms with Gasteiger partial charge in [-0.25, -0.2) is 4.98 Å². The van der Waals surface area contributed by atoms with Crippen LogP contribution in [0, 0.1) is 0 Å². The molecule has 1 aromatic heterocycles. The fraction of sp³-hybridized carbons (Fsp3) is 0.529. The number of benzene rings is 1. The molecule has 122 valence electrons. The van der Waals surface area contributed by atoms with Gasteiger partial charge < -0.3 is 4.74 Å². The average Bonchev–Trinajstić information content (AvgIpc) is 3.23. The standard InChI is InChI=1S/C17H23N5O/c1-2-4-15(5-3-1)10-21-8-9-23-17-12-20(11-16(17)21)6-7-22-14-18-13-19-22/h1-5,13-14,16-17H,6-12H2/t16-,17+/m0/s1. The van der Waals surface area contributed by atoms with Gasteiger partial charge in [-0.1, -0.05) is 30.3 Å². The summed E-state index contributed by atoms with van der Waals surface area (Å²) in [5.74, 6) is 0. The average molecular weight is 313 g/mol. The first kappa shape index (κ1) is 14.8. The number of morpholine rings is 1. The molecule has 1 aromatic carbocycles. The quantitative estimate of drug-likeness (QED) is 0.819. The number of ether oxygens (including phenoxy) is 1. The van der Waals surface area contributed by atoms with Gasteiger partial charge in [0.15, 0.2) is 0 Å². The Bertz CT molecular complexity index is 603. The smallest absolute Gasteiger partial charge is 0.137 e. The molecule has 4 rings (SSSR count). The van der Waals surface area contributed by atoms with Gasteiger partial charge in [0.25, 0.3) is 0 Å². The summed E-state index contributed by atoms with van der Waals surface area (Å²) in [5.41, 5.74) is 1.38. The summed E-state index contributed by atoms with van der Waals surface area (Å²) in [6.45, 7) is 6.86. The topological polar surface area (TPSA) is 46.4 Å². The van der Waals surface area contributed by atoms with Crippen molar-refractivity contribution in [1.29, 1.82) is 0 Å². The van der Waals surface area contributed by atoms with Crippen molar-refractivity contribution < 1.29 is 4.74 Å². The van der Waals surface area contributed by atoms with Crippen molar-refractivity contribution in [2.75, 3.05) is 32.8 Å². The lowest BCUT2D eigenvalue weighted by Gasteiger charge is -2.37. The van der Waals surface area contributed by atoms with Crippen LogP contribution in [0.1, 0.15) is 5.56 Å². The Hall–Kier alpha value is -1.76.